The molecule has 168 valence electrons. The van der Waals surface area contributed by atoms with E-state index in [0.29, 0.717) is 18.0 Å². The summed E-state index contributed by atoms with van der Waals surface area (Å²) in [6.45, 7) is 4.36. The highest BCUT2D eigenvalue weighted by atomic mass is 32.2. The fraction of sp³-hybridized carbons (Fsp3) is 0.208. The predicted molar refractivity (Wildman–Crippen MR) is 124 cm³/mol. The van der Waals surface area contributed by atoms with Gasteiger partial charge in [-0.05, 0) is 74.0 Å². The van der Waals surface area contributed by atoms with Gasteiger partial charge in [0.25, 0.3) is 15.9 Å². The molecule has 0 bridgehead atoms. The minimum atomic E-state index is -3.86. The summed E-state index contributed by atoms with van der Waals surface area (Å²) >= 11 is 0. The van der Waals surface area contributed by atoms with Crippen LogP contribution >= 0.6 is 0 Å². The molecule has 32 heavy (non-hydrogen) atoms. The molecule has 7 nitrogen and oxygen atoms in total. The first-order valence-electron chi connectivity index (χ1n) is 10.1. The maximum Gasteiger partial charge on any atom is 0.261 e. The fourth-order valence-corrected chi connectivity index (χ4v) is 4.16. The van der Waals surface area contributed by atoms with E-state index in [0.717, 1.165) is 11.3 Å². The maximum absolute atomic E-state index is 12.8. The van der Waals surface area contributed by atoms with E-state index in [4.69, 9.17) is 9.47 Å². The molecular formula is C24H26N2O5S. The Morgan fingerprint density at radius 2 is 1.62 bits per heavy atom. The molecule has 0 saturated heterocycles. The molecule has 8 heteroatoms. The molecule has 2 N–H and O–H groups in total. The second-order valence-corrected chi connectivity index (χ2v) is 8.74. The number of nitrogens with one attached hydrogen (secondary N) is 2. The van der Waals surface area contributed by atoms with Gasteiger partial charge in [0, 0.05) is 11.3 Å². The highest BCUT2D eigenvalue weighted by Crippen LogP contribution is 2.21. The Balaban J connectivity index is 1.71. The molecule has 3 rings (SSSR count). The number of benzene rings is 3. The first-order valence-corrected chi connectivity index (χ1v) is 11.6. The number of hydrogen-bond acceptors (Lipinski definition) is 5. The molecule has 0 heterocycles. The minimum Gasteiger partial charge on any atom is -0.497 e. The molecule has 0 aliphatic carbocycles. The SMILES string of the molecule is CCOc1ccc(C(C)NC(=O)c2cccc(S(=O)(=O)Nc3ccc(OC)cc3)c2)cc1. The fourth-order valence-electron chi connectivity index (χ4n) is 3.06. The van der Waals surface area contributed by atoms with Crippen molar-refractivity contribution in [2.75, 3.05) is 18.4 Å². The van der Waals surface area contributed by atoms with Gasteiger partial charge >= 0.3 is 0 Å². The van der Waals surface area contributed by atoms with Crippen molar-refractivity contribution in [2.24, 2.45) is 0 Å². The third-order valence-corrected chi connectivity index (χ3v) is 6.17. The number of carbonyl (C=O) groups is 1. The van der Waals surface area contributed by atoms with Crippen LogP contribution in [0.4, 0.5) is 5.69 Å². The van der Waals surface area contributed by atoms with Crippen LogP contribution < -0.4 is 19.5 Å². The molecule has 0 aliphatic rings. The highest BCUT2D eigenvalue weighted by Gasteiger charge is 2.18. The first kappa shape index (κ1) is 23.1. The molecule has 0 aliphatic heterocycles. The standard InChI is InChI=1S/C24H26N2O5S/c1-4-31-22-12-8-18(9-13-22)17(2)25-24(27)19-6-5-7-23(16-19)32(28,29)26-20-10-14-21(30-3)15-11-20/h5-17,26H,4H2,1-3H3,(H,25,27). The normalized spacial score (nSPS) is 12.0. The zero-order valence-electron chi connectivity index (χ0n) is 18.2. The van der Waals surface area contributed by atoms with E-state index in [1.165, 1.54) is 19.2 Å². The third-order valence-electron chi connectivity index (χ3n) is 4.79. The van der Waals surface area contributed by atoms with Gasteiger partial charge in [-0.3, -0.25) is 9.52 Å². The molecule has 0 spiro atoms. The average Bonchev–Trinajstić information content (AvgIpc) is 2.80. The van der Waals surface area contributed by atoms with Crippen molar-refractivity contribution >= 4 is 21.6 Å². The minimum absolute atomic E-state index is 0.00492. The monoisotopic (exact) mass is 454 g/mol. The number of amides is 1. The summed E-state index contributed by atoms with van der Waals surface area (Å²) in [6.07, 6.45) is 0. The second kappa shape index (κ2) is 10.2. The lowest BCUT2D eigenvalue weighted by Crippen LogP contribution is -2.27. The number of carbonyl (C=O) groups excluding carboxylic acids is 1. The second-order valence-electron chi connectivity index (χ2n) is 7.06. The molecule has 0 aromatic heterocycles. The van der Waals surface area contributed by atoms with E-state index < -0.39 is 10.0 Å². The van der Waals surface area contributed by atoms with Crippen LogP contribution in [0.15, 0.2) is 77.7 Å². The molecule has 3 aromatic carbocycles. The van der Waals surface area contributed by atoms with Gasteiger partial charge in [0.15, 0.2) is 0 Å². The summed E-state index contributed by atoms with van der Waals surface area (Å²) in [4.78, 5) is 12.7. The number of ether oxygens (including phenoxy) is 2. The third kappa shape index (κ3) is 5.79. The Morgan fingerprint density at radius 3 is 2.25 bits per heavy atom. The number of sulfonamides is 1. The van der Waals surface area contributed by atoms with Crippen LogP contribution in [-0.4, -0.2) is 28.0 Å². The summed E-state index contributed by atoms with van der Waals surface area (Å²) in [5.74, 6) is 1.01. The van der Waals surface area contributed by atoms with Crippen molar-refractivity contribution in [3.05, 3.63) is 83.9 Å². The molecule has 0 saturated carbocycles. The van der Waals surface area contributed by atoms with E-state index in [1.54, 1.807) is 36.4 Å². The summed E-state index contributed by atoms with van der Waals surface area (Å²) in [5.41, 5.74) is 1.55. The van der Waals surface area contributed by atoms with Gasteiger partial charge in [-0.15, -0.1) is 0 Å². The molecule has 1 atom stereocenters. The van der Waals surface area contributed by atoms with Crippen LogP contribution in [0.3, 0.4) is 0 Å². The van der Waals surface area contributed by atoms with Gasteiger partial charge in [-0.25, -0.2) is 8.42 Å². The van der Waals surface area contributed by atoms with Crippen molar-refractivity contribution in [3.8, 4) is 11.5 Å². The van der Waals surface area contributed by atoms with E-state index in [1.807, 2.05) is 38.1 Å². The Labute approximate surface area is 188 Å². The van der Waals surface area contributed by atoms with E-state index in [2.05, 4.69) is 10.0 Å². The van der Waals surface area contributed by atoms with Crippen molar-refractivity contribution in [3.63, 3.8) is 0 Å². The number of anilines is 1. The predicted octanol–water partition coefficient (Wildman–Crippen LogP) is 4.39. The lowest BCUT2D eigenvalue weighted by Gasteiger charge is -2.15. The van der Waals surface area contributed by atoms with Crippen molar-refractivity contribution in [1.82, 2.24) is 5.32 Å². The van der Waals surface area contributed by atoms with Crippen LogP contribution in [0.25, 0.3) is 0 Å². The largest absolute Gasteiger partial charge is 0.497 e. The summed E-state index contributed by atoms with van der Waals surface area (Å²) < 4.78 is 38.6. The van der Waals surface area contributed by atoms with Crippen LogP contribution in [0.1, 0.15) is 35.8 Å². The first-order chi connectivity index (χ1) is 15.3. The Kier molecular flexibility index (Phi) is 7.37. The Hall–Kier alpha value is -3.52. The number of hydrogen-bond donors (Lipinski definition) is 2. The molecule has 1 unspecified atom stereocenters. The van der Waals surface area contributed by atoms with E-state index in [-0.39, 0.29) is 22.4 Å². The van der Waals surface area contributed by atoms with Gasteiger partial charge in [0.2, 0.25) is 0 Å². The zero-order valence-corrected chi connectivity index (χ0v) is 19.0. The number of methoxy groups -OCH3 is 1. The van der Waals surface area contributed by atoms with Crippen molar-refractivity contribution in [2.45, 2.75) is 24.8 Å². The Bertz CT molecular complexity index is 1160. The number of rotatable bonds is 9. The van der Waals surface area contributed by atoms with Gasteiger partial charge in [-0.1, -0.05) is 18.2 Å². The molecule has 0 radical (unpaired) electrons. The van der Waals surface area contributed by atoms with Gasteiger partial charge in [-0.2, -0.15) is 0 Å². The highest BCUT2D eigenvalue weighted by molar-refractivity contribution is 7.92. The summed E-state index contributed by atoms with van der Waals surface area (Å²) in [5, 5.41) is 2.90. The average molecular weight is 455 g/mol. The topological polar surface area (TPSA) is 93.7 Å². The van der Waals surface area contributed by atoms with Crippen molar-refractivity contribution < 1.29 is 22.7 Å². The van der Waals surface area contributed by atoms with Gasteiger partial charge in [0.1, 0.15) is 11.5 Å². The lowest BCUT2D eigenvalue weighted by atomic mass is 10.1. The van der Waals surface area contributed by atoms with Crippen LogP contribution in [-0.2, 0) is 10.0 Å². The maximum atomic E-state index is 12.8. The molecule has 3 aromatic rings. The zero-order chi connectivity index (χ0) is 23.1. The molecular weight excluding hydrogens is 428 g/mol. The van der Waals surface area contributed by atoms with Gasteiger partial charge < -0.3 is 14.8 Å². The van der Waals surface area contributed by atoms with E-state index in [9.17, 15) is 13.2 Å². The van der Waals surface area contributed by atoms with Crippen LogP contribution in [0, 0.1) is 0 Å². The van der Waals surface area contributed by atoms with Crippen LogP contribution in [0.2, 0.25) is 0 Å². The van der Waals surface area contributed by atoms with E-state index >= 15 is 0 Å². The summed E-state index contributed by atoms with van der Waals surface area (Å²) in [7, 11) is -2.33. The summed E-state index contributed by atoms with van der Waals surface area (Å²) in [6, 6.07) is 19.6. The Morgan fingerprint density at radius 1 is 0.969 bits per heavy atom. The molecule has 1 amide bonds. The molecule has 0 fully saturated rings. The lowest BCUT2D eigenvalue weighted by molar-refractivity contribution is 0.0939. The van der Waals surface area contributed by atoms with Crippen LogP contribution in [0.5, 0.6) is 11.5 Å². The quantitative estimate of drug-likeness (QED) is 0.500. The smallest absolute Gasteiger partial charge is 0.261 e. The van der Waals surface area contributed by atoms with Crippen molar-refractivity contribution in [1.29, 1.82) is 0 Å². The van der Waals surface area contributed by atoms with Gasteiger partial charge in [0.05, 0.1) is 24.7 Å².